The minimum atomic E-state index is 0.776. The van der Waals surface area contributed by atoms with Gasteiger partial charge in [-0.05, 0) is 41.4 Å². The first-order valence-corrected chi connectivity index (χ1v) is 6.80. The first-order valence-electron chi connectivity index (χ1n) is 6.01. The molecular formula is C14H17BrN2O. The lowest BCUT2D eigenvalue weighted by Crippen LogP contribution is -2.05. The minimum absolute atomic E-state index is 0.776. The molecule has 0 amide bonds. The zero-order valence-electron chi connectivity index (χ0n) is 10.7. The van der Waals surface area contributed by atoms with E-state index in [0.717, 1.165) is 46.3 Å². The van der Waals surface area contributed by atoms with E-state index >= 15 is 0 Å². The largest absolute Gasteiger partial charge is 0.385 e. The molecule has 96 valence electrons. The average Bonchev–Trinajstić information content (AvgIpc) is 2.36. The first kappa shape index (κ1) is 13.3. The second-order valence-corrected chi connectivity index (χ2v) is 5.07. The number of ether oxygens (including phenoxy) is 1. The quantitative estimate of drug-likeness (QED) is 0.854. The number of nitrogens with one attached hydrogen (secondary N) is 1. The number of halogens is 1. The highest BCUT2D eigenvalue weighted by molar-refractivity contribution is 9.10. The third kappa shape index (κ3) is 3.00. The number of pyridine rings is 1. The van der Waals surface area contributed by atoms with Crippen LogP contribution in [0.25, 0.3) is 10.9 Å². The van der Waals surface area contributed by atoms with Crippen molar-refractivity contribution in [1.82, 2.24) is 4.98 Å². The summed E-state index contributed by atoms with van der Waals surface area (Å²) in [6, 6.07) is 8.22. The molecule has 0 spiro atoms. The number of fused-ring (bicyclic) bond motifs is 1. The van der Waals surface area contributed by atoms with Crippen LogP contribution in [0.3, 0.4) is 0 Å². The van der Waals surface area contributed by atoms with Crippen molar-refractivity contribution < 1.29 is 4.74 Å². The van der Waals surface area contributed by atoms with Crippen LogP contribution in [0.2, 0.25) is 0 Å². The lowest BCUT2D eigenvalue weighted by molar-refractivity contribution is 0.198. The van der Waals surface area contributed by atoms with E-state index < -0.39 is 0 Å². The van der Waals surface area contributed by atoms with Gasteiger partial charge in [-0.3, -0.25) is 4.98 Å². The van der Waals surface area contributed by atoms with Crippen LogP contribution in [-0.2, 0) is 4.74 Å². The fourth-order valence-corrected chi connectivity index (χ4v) is 2.38. The molecule has 3 nitrogen and oxygen atoms in total. The van der Waals surface area contributed by atoms with Crippen LogP contribution >= 0.6 is 15.9 Å². The zero-order valence-corrected chi connectivity index (χ0v) is 12.3. The van der Waals surface area contributed by atoms with Crippen molar-refractivity contribution in [2.75, 3.05) is 25.6 Å². The predicted octanol–water partition coefficient (Wildman–Crippen LogP) is 3.75. The Labute approximate surface area is 116 Å². The van der Waals surface area contributed by atoms with E-state index in [0.29, 0.717) is 0 Å². The molecule has 1 heterocycles. The fraction of sp³-hybridized carbons (Fsp3) is 0.357. The van der Waals surface area contributed by atoms with Crippen LogP contribution in [0, 0.1) is 6.92 Å². The summed E-state index contributed by atoms with van der Waals surface area (Å²) in [5.74, 6) is 0. The van der Waals surface area contributed by atoms with Crippen molar-refractivity contribution in [2.24, 2.45) is 0 Å². The maximum atomic E-state index is 5.05. The van der Waals surface area contributed by atoms with E-state index in [9.17, 15) is 0 Å². The van der Waals surface area contributed by atoms with Gasteiger partial charge >= 0.3 is 0 Å². The summed E-state index contributed by atoms with van der Waals surface area (Å²) in [7, 11) is 1.73. The van der Waals surface area contributed by atoms with E-state index in [1.54, 1.807) is 7.11 Å². The van der Waals surface area contributed by atoms with Crippen LogP contribution in [0.15, 0.2) is 28.7 Å². The highest BCUT2D eigenvalue weighted by Gasteiger charge is 2.06. The van der Waals surface area contributed by atoms with Crippen LogP contribution in [0.1, 0.15) is 12.1 Å². The second-order valence-electron chi connectivity index (χ2n) is 4.22. The third-order valence-corrected chi connectivity index (χ3v) is 3.40. The topological polar surface area (TPSA) is 34.1 Å². The summed E-state index contributed by atoms with van der Waals surface area (Å²) in [5.41, 5.74) is 3.16. The van der Waals surface area contributed by atoms with Gasteiger partial charge in [0.25, 0.3) is 0 Å². The Bertz CT molecular complexity index is 543. The Hall–Kier alpha value is -1.13. The molecule has 1 aromatic carbocycles. The number of rotatable bonds is 5. The normalized spacial score (nSPS) is 10.8. The predicted molar refractivity (Wildman–Crippen MR) is 79.2 cm³/mol. The molecule has 2 aromatic rings. The van der Waals surface area contributed by atoms with E-state index in [-0.39, 0.29) is 0 Å². The van der Waals surface area contributed by atoms with Crippen LogP contribution < -0.4 is 5.32 Å². The number of hydrogen-bond donors (Lipinski definition) is 1. The molecule has 0 saturated carbocycles. The Morgan fingerprint density at radius 2 is 2.22 bits per heavy atom. The van der Waals surface area contributed by atoms with Crippen molar-refractivity contribution in [3.63, 3.8) is 0 Å². The number of para-hydroxylation sites is 1. The molecule has 4 heteroatoms. The molecule has 1 aromatic heterocycles. The summed E-state index contributed by atoms with van der Waals surface area (Å²) in [6.45, 7) is 3.69. The average molecular weight is 309 g/mol. The van der Waals surface area contributed by atoms with Crippen molar-refractivity contribution in [1.29, 1.82) is 0 Å². The van der Waals surface area contributed by atoms with Gasteiger partial charge in [-0.15, -0.1) is 0 Å². The molecule has 1 N–H and O–H groups in total. The summed E-state index contributed by atoms with van der Waals surface area (Å²) < 4.78 is 6.08. The van der Waals surface area contributed by atoms with Crippen molar-refractivity contribution >= 4 is 32.5 Å². The van der Waals surface area contributed by atoms with Gasteiger partial charge in [-0.25, -0.2) is 0 Å². The molecule has 0 atom stereocenters. The van der Waals surface area contributed by atoms with Gasteiger partial charge in [0.05, 0.1) is 5.52 Å². The summed E-state index contributed by atoms with van der Waals surface area (Å²) in [5, 5.41) is 4.60. The zero-order chi connectivity index (χ0) is 13.0. The number of methoxy groups -OCH3 is 1. The molecule has 18 heavy (non-hydrogen) atoms. The molecule has 0 saturated heterocycles. The molecule has 0 bridgehead atoms. The number of aromatic nitrogens is 1. The molecule has 2 rings (SSSR count). The smallest absolute Gasteiger partial charge is 0.0867 e. The second kappa shape index (κ2) is 6.16. The van der Waals surface area contributed by atoms with Crippen molar-refractivity contribution in [3.8, 4) is 0 Å². The standard InChI is InChI=1S/C14H17BrN2O/c1-10-9-13(16-7-4-8-18-2)11-5-3-6-12(15)14(11)17-10/h3,5-6,9H,4,7-8H2,1-2H3,(H,16,17). The Morgan fingerprint density at radius 1 is 1.39 bits per heavy atom. The first-order chi connectivity index (χ1) is 8.72. The molecular weight excluding hydrogens is 292 g/mol. The molecule has 0 unspecified atom stereocenters. The van der Waals surface area contributed by atoms with Gasteiger partial charge in [0.15, 0.2) is 0 Å². The van der Waals surface area contributed by atoms with Crippen LogP contribution in [-0.4, -0.2) is 25.2 Å². The third-order valence-electron chi connectivity index (χ3n) is 2.76. The molecule has 0 aliphatic heterocycles. The number of nitrogens with zero attached hydrogens (tertiary/aromatic N) is 1. The number of hydrogen-bond acceptors (Lipinski definition) is 3. The van der Waals surface area contributed by atoms with Gasteiger partial charge in [0, 0.05) is 41.5 Å². The SMILES string of the molecule is COCCCNc1cc(C)nc2c(Br)cccc12. The molecule has 0 fully saturated rings. The molecule has 0 radical (unpaired) electrons. The van der Waals surface area contributed by atoms with Gasteiger partial charge in [0.1, 0.15) is 0 Å². The number of benzene rings is 1. The summed E-state index contributed by atoms with van der Waals surface area (Å²) in [6.07, 6.45) is 0.993. The fourth-order valence-electron chi connectivity index (χ4n) is 1.93. The minimum Gasteiger partial charge on any atom is -0.385 e. The van der Waals surface area contributed by atoms with Gasteiger partial charge in [0.2, 0.25) is 0 Å². The summed E-state index contributed by atoms with van der Waals surface area (Å²) >= 11 is 3.55. The van der Waals surface area contributed by atoms with E-state index in [4.69, 9.17) is 4.74 Å². The maximum absolute atomic E-state index is 5.05. The summed E-state index contributed by atoms with van der Waals surface area (Å²) in [4.78, 5) is 4.57. The van der Waals surface area contributed by atoms with E-state index in [1.165, 1.54) is 0 Å². The Morgan fingerprint density at radius 3 is 3.00 bits per heavy atom. The number of aryl methyl sites for hydroxylation is 1. The maximum Gasteiger partial charge on any atom is 0.0867 e. The van der Waals surface area contributed by atoms with Crippen LogP contribution in [0.4, 0.5) is 5.69 Å². The van der Waals surface area contributed by atoms with Crippen molar-refractivity contribution in [3.05, 3.63) is 34.4 Å². The highest BCUT2D eigenvalue weighted by atomic mass is 79.9. The van der Waals surface area contributed by atoms with Gasteiger partial charge in [-0.2, -0.15) is 0 Å². The monoisotopic (exact) mass is 308 g/mol. The Balaban J connectivity index is 2.29. The van der Waals surface area contributed by atoms with E-state index in [1.807, 2.05) is 19.1 Å². The van der Waals surface area contributed by atoms with Crippen molar-refractivity contribution in [2.45, 2.75) is 13.3 Å². The van der Waals surface area contributed by atoms with Gasteiger partial charge in [-0.1, -0.05) is 12.1 Å². The highest BCUT2D eigenvalue weighted by Crippen LogP contribution is 2.28. The lowest BCUT2D eigenvalue weighted by atomic mass is 10.1. The van der Waals surface area contributed by atoms with Crippen LogP contribution in [0.5, 0.6) is 0 Å². The molecule has 0 aliphatic rings. The van der Waals surface area contributed by atoms with E-state index in [2.05, 4.69) is 38.4 Å². The lowest BCUT2D eigenvalue weighted by Gasteiger charge is -2.11. The van der Waals surface area contributed by atoms with Gasteiger partial charge < -0.3 is 10.1 Å². The Kier molecular flexibility index (Phi) is 4.55. The number of anilines is 1. The molecule has 0 aliphatic carbocycles.